The van der Waals surface area contributed by atoms with E-state index < -0.39 is 0 Å². The average Bonchev–Trinajstić information content (AvgIpc) is 2.88. The van der Waals surface area contributed by atoms with Gasteiger partial charge in [-0.25, -0.2) is 9.97 Å². The number of hydrogen-bond donors (Lipinski definition) is 0. The maximum Gasteiger partial charge on any atom is 0.116 e. The van der Waals surface area contributed by atoms with Crippen molar-refractivity contribution < 1.29 is 0 Å². The van der Waals surface area contributed by atoms with Crippen LogP contribution in [0.4, 0.5) is 0 Å². The Bertz CT molecular complexity index is 792. The number of nitrogens with zero attached hydrogens (tertiary/aromatic N) is 2. The minimum Gasteiger partial charge on any atom is -0.241 e. The molecule has 20 heavy (non-hydrogen) atoms. The summed E-state index contributed by atoms with van der Waals surface area (Å²) in [6.07, 6.45) is 2.60. The molecule has 4 rings (SSSR count). The van der Waals surface area contributed by atoms with Gasteiger partial charge in [0.1, 0.15) is 6.33 Å². The van der Waals surface area contributed by atoms with E-state index >= 15 is 0 Å². The molecule has 96 valence electrons. The summed E-state index contributed by atoms with van der Waals surface area (Å²) >= 11 is 0. The van der Waals surface area contributed by atoms with Crippen LogP contribution in [0.3, 0.4) is 0 Å². The van der Waals surface area contributed by atoms with Gasteiger partial charge < -0.3 is 0 Å². The van der Waals surface area contributed by atoms with E-state index in [1.165, 1.54) is 27.8 Å². The summed E-state index contributed by atoms with van der Waals surface area (Å²) < 4.78 is 0. The predicted octanol–water partition coefficient (Wildman–Crippen LogP) is 4.02. The Morgan fingerprint density at radius 3 is 2.45 bits per heavy atom. The lowest BCUT2D eigenvalue weighted by atomic mass is 9.96. The quantitative estimate of drug-likeness (QED) is 0.515. The Kier molecular flexibility index (Phi) is 2.43. The third-order valence-corrected chi connectivity index (χ3v) is 4.03. The molecule has 0 unspecified atom stereocenters. The van der Waals surface area contributed by atoms with Crippen LogP contribution in [-0.2, 0) is 6.42 Å². The largest absolute Gasteiger partial charge is 0.241 e. The Balaban J connectivity index is 1.96. The smallest absolute Gasteiger partial charge is 0.116 e. The zero-order chi connectivity index (χ0) is 13.5. The van der Waals surface area contributed by atoms with Gasteiger partial charge in [-0.1, -0.05) is 48.5 Å². The van der Waals surface area contributed by atoms with E-state index in [4.69, 9.17) is 0 Å². The van der Waals surface area contributed by atoms with Gasteiger partial charge in [-0.05, 0) is 23.6 Å². The summed E-state index contributed by atoms with van der Waals surface area (Å²) in [5, 5.41) is 0. The monoisotopic (exact) mass is 258 g/mol. The number of aromatic nitrogens is 2. The van der Waals surface area contributed by atoms with E-state index in [1.807, 2.05) is 0 Å². The third-order valence-electron chi connectivity index (χ3n) is 4.03. The molecule has 0 bridgehead atoms. The van der Waals surface area contributed by atoms with Gasteiger partial charge in [-0.3, -0.25) is 0 Å². The van der Waals surface area contributed by atoms with Gasteiger partial charge in [-0.15, -0.1) is 0 Å². The SMILES string of the molecule is Cc1ncnc2c1Cc1c(-c3ccccc3)cccc1-2. The van der Waals surface area contributed by atoms with Crippen molar-refractivity contribution in [2.75, 3.05) is 0 Å². The number of aryl methyl sites for hydroxylation is 1. The molecule has 1 heterocycles. The van der Waals surface area contributed by atoms with Gasteiger partial charge in [-0.2, -0.15) is 0 Å². The average molecular weight is 258 g/mol. The highest BCUT2D eigenvalue weighted by Gasteiger charge is 2.24. The van der Waals surface area contributed by atoms with Gasteiger partial charge in [0.15, 0.2) is 0 Å². The Hall–Kier alpha value is -2.48. The highest BCUT2D eigenvalue weighted by atomic mass is 14.8. The van der Waals surface area contributed by atoms with Crippen molar-refractivity contribution >= 4 is 0 Å². The van der Waals surface area contributed by atoms with Crippen molar-refractivity contribution in [3.8, 4) is 22.4 Å². The molecule has 0 radical (unpaired) electrons. The summed E-state index contributed by atoms with van der Waals surface area (Å²) in [6, 6.07) is 17.0. The highest BCUT2D eigenvalue weighted by molar-refractivity contribution is 5.83. The highest BCUT2D eigenvalue weighted by Crippen LogP contribution is 2.40. The molecule has 0 fully saturated rings. The molecule has 0 amide bonds. The lowest BCUT2D eigenvalue weighted by Crippen LogP contribution is -1.92. The molecule has 0 atom stereocenters. The topological polar surface area (TPSA) is 25.8 Å². The Labute approximate surface area is 118 Å². The molecule has 1 aliphatic rings. The van der Waals surface area contributed by atoms with E-state index in [1.54, 1.807) is 6.33 Å². The van der Waals surface area contributed by atoms with E-state index in [2.05, 4.69) is 65.4 Å². The van der Waals surface area contributed by atoms with Crippen LogP contribution < -0.4 is 0 Å². The Morgan fingerprint density at radius 1 is 0.800 bits per heavy atom. The van der Waals surface area contributed by atoms with E-state index in [9.17, 15) is 0 Å². The standard InChI is InChI=1S/C18H14N2/c1-12-16-10-17-14(13-6-3-2-4-7-13)8-5-9-15(17)18(16)20-11-19-12/h2-9,11H,10H2,1H3. The summed E-state index contributed by atoms with van der Waals surface area (Å²) in [6.45, 7) is 2.06. The molecule has 1 aliphatic carbocycles. The summed E-state index contributed by atoms with van der Waals surface area (Å²) in [7, 11) is 0. The molecule has 0 aliphatic heterocycles. The van der Waals surface area contributed by atoms with Crippen molar-refractivity contribution in [1.29, 1.82) is 0 Å². The van der Waals surface area contributed by atoms with Crippen LogP contribution in [0.1, 0.15) is 16.8 Å². The lowest BCUT2D eigenvalue weighted by Gasteiger charge is -2.08. The number of benzene rings is 2. The second-order valence-corrected chi connectivity index (χ2v) is 5.16. The minimum atomic E-state index is 0.933. The van der Waals surface area contributed by atoms with Crippen LogP contribution in [0.2, 0.25) is 0 Å². The first kappa shape index (κ1) is 11.4. The summed E-state index contributed by atoms with van der Waals surface area (Å²) in [5.41, 5.74) is 8.66. The molecule has 2 heteroatoms. The van der Waals surface area contributed by atoms with Gasteiger partial charge >= 0.3 is 0 Å². The molecule has 0 N–H and O–H groups in total. The minimum absolute atomic E-state index is 0.933. The second-order valence-electron chi connectivity index (χ2n) is 5.16. The van der Waals surface area contributed by atoms with Crippen molar-refractivity contribution in [2.24, 2.45) is 0 Å². The number of rotatable bonds is 1. The molecule has 1 aromatic heterocycles. The number of fused-ring (bicyclic) bond motifs is 3. The van der Waals surface area contributed by atoms with Crippen molar-refractivity contribution in [3.63, 3.8) is 0 Å². The molecular formula is C18H14N2. The molecule has 0 spiro atoms. The summed E-state index contributed by atoms with van der Waals surface area (Å²) in [5.74, 6) is 0. The number of hydrogen-bond acceptors (Lipinski definition) is 2. The normalized spacial score (nSPS) is 12.1. The fourth-order valence-corrected chi connectivity index (χ4v) is 3.01. The maximum absolute atomic E-state index is 4.49. The second kappa shape index (κ2) is 4.27. The fourth-order valence-electron chi connectivity index (χ4n) is 3.01. The van der Waals surface area contributed by atoms with Crippen molar-refractivity contribution in [3.05, 3.63) is 71.7 Å². The van der Waals surface area contributed by atoms with Crippen LogP contribution in [0.5, 0.6) is 0 Å². The van der Waals surface area contributed by atoms with Crippen molar-refractivity contribution in [2.45, 2.75) is 13.3 Å². The van der Waals surface area contributed by atoms with E-state index in [-0.39, 0.29) is 0 Å². The summed E-state index contributed by atoms with van der Waals surface area (Å²) in [4.78, 5) is 8.81. The Morgan fingerprint density at radius 2 is 1.60 bits per heavy atom. The van der Waals surface area contributed by atoms with Gasteiger partial charge in [0.2, 0.25) is 0 Å². The van der Waals surface area contributed by atoms with Gasteiger partial charge in [0.25, 0.3) is 0 Å². The third kappa shape index (κ3) is 1.58. The van der Waals surface area contributed by atoms with Crippen LogP contribution in [-0.4, -0.2) is 9.97 Å². The first-order valence-corrected chi connectivity index (χ1v) is 6.83. The van der Waals surface area contributed by atoms with Crippen LogP contribution in [0.25, 0.3) is 22.4 Å². The molecule has 2 aromatic carbocycles. The van der Waals surface area contributed by atoms with Gasteiger partial charge in [0.05, 0.1) is 5.69 Å². The molecule has 2 nitrogen and oxygen atoms in total. The van der Waals surface area contributed by atoms with Gasteiger partial charge in [0, 0.05) is 23.2 Å². The molecule has 3 aromatic rings. The first-order valence-electron chi connectivity index (χ1n) is 6.83. The predicted molar refractivity (Wildman–Crippen MR) is 80.4 cm³/mol. The van der Waals surface area contributed by atoms with Crippen LogP contribution in [0, 0.1) is 6.92 Å². The lowest BCUT2D eigenvalue weighted by molar-refractivity contribution is 1.05. The van der Waals surface area contributed by atoms with E-state index in [0.29, 0.717) is 0 Å². The molecule has 0 saturated heterocycles. The fraction of sp³-hybridized carbons (Fsp3) is 0.111. The zero-order valence-corrected chi connectivity index (χ0v) is 11.3. The van der Waals surface area contributed by atoms with Crippen molar-refractivity contribution in [1.82, 2.24) is 9.97 Å². The zero-order valence-electron chi connectivity index (χ0n) is 11.3. The van der Waals surface area contributed by atoms with E-state index in [0.717, 1.165) is 17.8 Å². The maximum atomic E-state index is 4.49. The van der Waals surface area contributed by atoms with Crippen LogP contribution >= 0.6 is 0 Å². The molecular weight excluding hydrogens is 244 g/mol. The molecule has 0 saturated carbocycles. The van der Waals surface area contributed by atoms with Crippen LogP contribution in [0.15, 0.2) is 54.9 Å². The first-order chi connectivity index (χ1) is 9.84.